The molecule has 82 valence electrons. The van der Waals surface area contributed by atoms with Gasteiger partial charge in [0, 0.05) is 33.8 Å². The van der Waals surface area contributed by atoms with Gasteiger partial charge in [0.05, 0.1) is 5.52 Å². The lowest BCUT2D eigenvalue weighted by molar-refractivity contribution is 0.537. The molecule has 0 fully saturated rings. The second kappa shape index (κ2) is 3.28. The molecular formula is C12H11FN2S. The fourth-order valence-corrected chi connectivity index (χ4v) is 2.77. The minimum Gasteiger partial charge on any atom is -0.269 e. The Labute approximate surface area is 96.3 Å². The maximum atomic E-state index is 13.7. The van der Waals surface area contributed by atoms with Crippen molar-refractivity contribution in [3.63, 3.8) is 0 Å². The number of hydrogen-bond donors (Lipinski definition) is 0. The van der Waals surface area contributed by atoms with Crippen LogP contribution >= 0.6 is 11.3 Å². The second-order valence-electron chi connectivity index (χ2n) is 4.16. The summed E-state index contributed by atoms with van der Waals surface area (Å²) in [6, 6.07) is 3.63. The molecule has 0 amide bonds. The molecular weight excluding hydrogens is 223 g/mol. The van der Waals surface area contributed by atoms with E-state index in [1.165, 1.54) is 6.07 Å². The number of aromatic nitrogens is 2. The first-order valence-corrected chi connectivity index (χ1v) is 6.09. The summed E-state index contributed by atoms with van der Waals surface area (Å²) in [6.07, 6.45) is 2.00. The average Bonchev–Trinajstić information content (AvgIpc) is 2.80. The zero-order valence-corrected chi connectivity index (χ0v) is 9.88. The van der Waals surface area contributed by atoms with Crippen LogP contribution in [-0.4, -0.2) is 9.78 Å². The van der Waals surface area contributed by atoms with Gasteiger partial charge in [0.2, 0.25) is 0 Å². The molecule has 2 aromatic heterocycles. The summed E-state index contributed by atoms with van der Waals surface area (Å²) in [7, 11) is 0. The van der Waals surface area contributed by atoms with Gasteiger partial charge in [-0.2, -0.15) is 5.10 Å². The highest BCUT2D eigenvalue weighted by Gasteiger charge is 2.11. The average molecular weight is 234 g/mol. The van der Waals surface area contributed by atoms with Gasteiger partial charge in [-0.25, -0.2) is 4.39 Å². The molecule has 0 radical (unpaired) electrons. The minimum atomic E-state index is -0.183. The predicted octanol–water partition coefficient (Wildman–Crippen LogP) is 3.97. The van der Waals surface area contributed by atoms with E-state index in [0.29, 0.717) is 11.4 Å². The molecule has 0 saturated carbocycles. The van der Waals surface area contributed by atoms with E-state index in [4.69, 9.17) is 0 Å². The number of rotatable bonds is 1. The summed E-state index contributed by atoms with van der Waals surface area (Å²) in [6.45, 7) is 4.13. The smallest absolute Gasteiger partial charge is 0.134 e. The maximum Gasteiger partial charge on any atom is 0.134 e. The Hall–Kier alpha value is -1.42. The summed E-state index contributed by atoms with van der Waals surface area (Å²) in [4.78, 5) is 0. The molecule has 1 aromatic carbocycles. The molecule has 0 unspecified atom stereocenters. The summed E-state index contributed by atoms with van der Waals surface area (Å²) in [5.74, 6) is -0.183. The van der Waals surface area contributed by atoms with Gasteiger partial charge >= 0.3 is 0 Å². The maximum absolute atomic E-state index is 13.7. The van der Waals surface area contributed by atoms with Gasteiger partial charge < -0.3 is 0 Å². The first-order valence-electron chi connectivity index (χ1n) is 5.21. The lowest BCUT2D eigenvalue weighted by Gasteiger charge is -2.02. The Bertz CT molecular complexity index is 666. The molecule has 0 spiro atoms. The fourth-order valence-electron chi connectivity index (χ4n) is 1.86. The van der Waals surface area contributed by atoms with E-state index in [0.717, 1.165) is 15.6 Å². The van der Waals surface area contributed by atoms with Gasteiger partial charge in [-0.05, 0) is 25.3 Å². The first-order chi connectivity index (χ1) is 7.66. The van der Waals surface area contributed by atoms with Crippen LogP contribution < -0.4 is 0 Å². The Balaban J connectivity index is 2.45. The van der Waals surface area contributed by atoms with Crippen molar-refractivity contribution in [3.05, 3.63) is 29.5 Å². The van der Waals surface area contributed by atoms with Crippen LogP contribution in [0, 0.1) is 5.82 Å². The topological polar surface area (TPSA) is 17.8 Å². The summed E-state index contributed by atoms with van der Waals surface area (Å²) in [5, 5.41) is 8.04. The lowest BCUT2D eigenvalue weighted by atomic mass is 10.2. The fraction of sp³-hybridized carbons (Fsp3) is 0.250. The summed E-state index contributed by atoms with van der Waals surface area (Å²) < 4.78 is 16.6. The SMILES string of the molecule is CC(C)n1cc2c(cc(F)c3ccsc32)n1. The third kappa shape index (κ3) is 1.26. The summed E-state index contributed by atoms with van der Waals surface area (Å²) in [5.41, 5.74) is 0.737. The van der Waals surface area contributed by atoms with Crippen LogP contribution in [0.1, 0.15) is 19.9 Å². The van der Waals surface area contributed by atoms with Crippen LogP contribution in [0.3, 0.4) is 0 Å². The third-order valence-corrected chi connectivity index (χ3v) is 3.67. The normalized spacial score (nSPS) is 12.0. The van der Waals surface area contributed by atoms with E-state index in [2.05, 4.69) is 18.9 Å². The van der Waals surface area contributed by atoms with Gasteiger partial charge in [0.25, 0.3) is 0 Å². The highest BCUT2D eigenvalue weighted by Crippen LogP contribution is 2.31. The van der Waals surface area contributed by atoms with E-state index in [9.17, 15) is 4.39 Å². The molecule has 3 rings (SSSR count). The van der Waals surface area contributed by atoms with Gasteiger partial charge in [0.1, 0.15) is 5.82 Å². The molecule has 0 aliphatic heterocycles. The van der Waals surface area contributed by atoms with Crippen molar-refractivity contribution in [2.45, 2.75) is 19.9 Å². The number of benzene rings is 1. The number of halogens is 1. The van der Waals surface area contributed by atoms with E-state index < -0.39 is 0 Å². The van der Waals surface area contributed by atoms with E-state index in [-0.39, 0.29) is 5.82 Å². The van der Waals surface area contributed by atoms with Crippen LogP contribution in [0.4, 0.5) is 4.39 Å². The van der Waals surface area contributed by atoms with Gasteiger partial charge in [0.15, 0.2) is 0 Å². The van der Waals surface area contributed by atoms with Crippen LogP contribution in [0.25, 0.3) is 21.0 Å². The molecule has 0 bridgehead atoms. The number of nitrogens with zero attached hydrogens (tertiary/aromatic N) is 2. The molecule has 0 saturated heterocycles. The van der Waals surface area contributed by atoms with Crippen LogP contribution in [-0.2, 0) is 0 Å². The highest BCUT2D eigenvalue weighted by molar-refractivity contribution is 7.18. The van der Waals surface area contributed by atoms with Crippen molar-refractivity contribution in [2.75, 3.05) is 0 Å². The Morgan fingerprint density at radius 1 is 1.38 bits per heavy atom. The molecule has 0 N–H and O–H groups in total. The van der Waals surface area contributed by atoms with Crippen molar-refractivity contribution in [3.8, 4) is 0 Å². The third-order valence-electron chi connectivity index (χ3n) is 2.72. The molecule has 0 aliphatic rings. The molecule has 0 aliphatic carbocycles. The molecule has 0 atom stereocenters. The highest BCUT2D eigenvalue weighted by atomic mass is 32.1. The van der Waals surface area contributed by atoms with Crippen LogP contribution in [0.5, 0.6) is 0 Å². The first kappa shape index (κ1) is 9.78. The Kier molecular flexibility index (Phi) is 2.01. The van der Waals surface area contributed by atoms with Gasteiger partial charge in [-0.1, -0.05) is 0 Å². The summed E-state index contributed by atoms with van der Waals surface area (Å²) >= 11 is 1.56. The second-order valence-corrected chi connectivity index (χ2v) is 5.07. The molecule has 16 heavy (non-hydrogen) atoms. The Morgan fingerprint density at radius 3 is 2.94 bits per heavy atom. The standard InChI is InChI=1S/C12H11FN2S/c1-7(2)15-6-9-11(14-15)5-10(13)8-3-4-16-12(8)9/h3-7H,1-2H3. The van der Waals surface area contributed by atoms with Crippen molar-refractivity contribution in [1.29, 1.82) is 0 Å². The van der Waals surface area contributed by atoms with Crippen molar-refractivity contribution < 1.29 is 4.39 Å². The lowest BCUT2D eigenvalue weighted by Crippen LogP contribution is -1.99. The predicted molar refractivity (Wildman–Crippen MR) is 65.5 cm³/mol. The van der Waals surface area contributed by atoms with Crippen molar-refractivity contribution >= 4 is 32.3 Å². The number of hydrogen-bond acceptors (Lipinski definition) is 2. The van der Waals surface area contributed by atoms with E-state index >= 15 is 0 Å². The number of fused-ring (bicyclic) bond motifs is 3. The Morgan fingerprint density at radius 2 is 2.19 bits per heavy atom. The molecule has 2 nitrogen and oxygen atoms in total. The van der Waals surface area contributed by atoms with Crippen LogP contribution in [0.2, 0.25) is 0 Å². The van der Waals surface area contributed by atoms with Crippen molar-refractivity contribution in [2.24, 2.45) is 0 Å². The number of thiophene rings is 1. The van der Waals surface area contributed by atoms with Gasteiger partial charge in [-0.3, -0.25) is 4.68 Å². The van der Waals surface area contributed by atoms with Crippen LogP contribution in [0.15, 0.2) is 23.7 Å². The zero-order valence-electron chi connectivity index (χ0n) is 9.07. The van der Waals surface area contributed by atoms with E-state index in [1.54, 1.807) is 11.3 Å². The quantitative estimate of drug-likeness (QED) is 0.623. The molecule has 4 heteroatoms. The molecule has 3 aromatic rings. The zero-order chi connectivity index (χ0) is 11.3. The molecule has 2 heterocycles. The van der Waals surface area contributed by atoms with E-state index in [1.807, 2.05) is 22.3 Å². The van der Waals surface area contributed by atoms with Gasteiger partial charge in [-0.15, -0.1) is 11.3 Å². The largest absolute Gasteiger partial charge is 0.269 e. The van der Waals surface area contributed by atoms with Crippen molar-refractivity contribution in [1.82, 2.24) is 9.78 Å². The minimum absolute atomic E-state index is 0.183. The monoisotopic (exact) mass is 234 g/mol.